The highest BCUT2D eigenvalue weighted by Gasteiger charge is 2.23. The monoisotopic (exact) mass is 219 g/mol. The van der Waals surface area contributed by atoms with Gasteiger partial charge in [-0.2, -0.15) is 0 Å². The smallest absolute Gasteiger partial charge is 0.126 e. The summed E-state index contributed by atoms with van der Waals surface area (Å²) in [6.45, 7) is 2.32. The summed E-state index contributed by atoms with van der Waals surface area (Å²) in [6.07, 6.45) is 5.88. The van der Waals surface area contributed by atoms with E-state index in [1.807, 2.05) is 20.3 Å². The van der Waals surface area contributed by atoms with Crippen molar-refractivity contribution in [2.45, 2.75) is 32.2 Å². The molecular formula is C13H21N3. The summed E-state index contributed by atoms with van der Waals surface area (Å²) in [5.41, 5.74) is 1.14. The molecule has 1 aliphatic carbocycles. The fourth-order valence-corrected chi connectivity index (χ4v) is 2.29. The van der Waals surface area contributed by atoms with Crippen LogP contribution in [0, 0.1) is 5.92 Å². The minimum Gasteiger partial charge on any atom is -0.376 e. The molecule has 1 aromatic heterocycles. The Balaban J connectivity index is 1.99. The van der Waals surface area contributed by atoms with Crippen LogP contribution in [-0.4, -0.2) is 25.1 Å². The van der Waals surface area contributed by atoms with Crippen molar-refractivity contribution in [1.82, 2.24) is 4.98 Å². The number of aromatic nitrogens is 1. The molecule has 0 spiro atoms. The number of anilines is 2. The highest BCUT2D eigenvalue weighted by atomic mass is 15.1. The molecule has 0 bridgehead atoms. The number of hydrogen-bond donors (Lipinski definition) is 1. The lowest BCUT2D eigenvalue weighted by atomic mass is 10.1. The van der Waals surface area contributed by atoms with Crippen LogP contribution in [0.15, 0.2) is 18.3 Å². The summed E-state index contributed by atoms with van der Waals surface area (Å²) in [4.78, 5) is 6.51. The van der Waals surface area contributed by atoms with Gasteiger partial charge in [-0.15, -0.1) is 0 Å². The number of hydrogen-bond acceptors (Lipinski definition) is 3. The fourth-order valence-electron chi connectivity index (χ4n) is 2.29. The van der Waals surface area contributed by atoms with Crippen molar-refractivity contribution in [3.8, 4) is 0 Å². The molecule has 1 fully saturated rings. The highest BCUT2D eigenvalue weighted by molar-refractivity contribution is 5.48. The largest absolute Gasteiger partial charge is 0.376 e. The van der Waals surface area contributed by atoms with Crippen molar-refractivity contribution in [3.05, 3.63) is 18.3 Å². The van der Waals surface area contributed by atoms with Crippen molar-refractivity contribution in [2.75, 3.05) is 24.3 Å². The van der Waals surface area contributed by atoms with Crippen LogP contribution in [0.25, 0.3) is 0 Å². The van der Waals surface area contributed by atoms with Crippen molar-refractivity contribution in [2.24, 2.45) is 5.92 Å². The second-order valence-electron chi connectivity index (χ2n) is 4.96. The first kappa shape index (κ1) is 11.2. The molecule has 3 heteroatoms. The molecule has 1 aromatic rings. The lowest BCUT2D eigenvalue weighted by Crippen LogP contribution is -2.22. The fraction of sp³-hybridized carbons (Fsp3) is 0.615. The normalized spacial score (nSPS) is 24.4. The second kappa shape index (κ2) is 4.73. The first-order valence-electron chi connectivity index (χ1n) is 6.07. The maximum Gasteiger partial charge on any atom is 0.126 e. The molecular weight excluding hydrogens is 198 g/mol. The van der Waals surface area contributed by atoms with E-state index in [0.717, 1.165) is 17.4 Å². The SMILES string of the molecule is CC1CCCC1Nc1ccc(N(C)C)cn1. The molecule has 0 amide bonds. The van der Waals surface area contributed by atoms with Gasteiger partial charge in [0.25, 0.3) is 0 Å². The molecule has 1 saturated carbocycles. The van der Waals surface area contributed by atoms with Crippen LogP contribution in [0.5, 0.6) is 0 Å². The summed E-state index contributed by atoms with van der Waals surface area (Å²) >= 11 is 0. The van der Waals surface area contributed by atoms with Crippen molar-refractivity contribution in [1.29, 1.82) is 0 Å². The van der Waals surface area contributed by atoms with E-state index in [2.05, 4.69) is 34.3 Å². The van der Waals surface area contributed by atoms with E-state index in [9.17, 15) is 0 Å². The number of rotatable bonds is 3. The minimum atomic E-state index is 0.609. The minimum absolute atomic E-state index is 0.609. The third-order valence-electron chi connectivity index (χ3n) is 3.46. The Bertz CT molecular complexity index is 332. The van der Waals surface area contributed by atoms with Gasteiger partial charge in [0.05, 0.1) is 11.9 Å². The van der Waals surface area contributed by atoms with Crippen molar-refractivity contribution in [3.63, 3.8) is 0 Å². The molecule has 0 saturated heterocycles. The Hall–Kier alpha value is -1.25. The van der Waals surface area contributed by atoms with Crippen LogP contribution in [0.4, 0.5) is 11.5 Å². The lowest BCUT2D eigenvalue weighted by Gasteiger charge is -2.18. The van der Waals surface area contributed by atoms with Gasteiger partial charge in [0.2, 0.25) is 0 Å². The predicted molar refractivity (Wildman–Crippen MR) is 69.0 cm³/mol. The second-order valence-corrected chi connectivity index (χ2v) is 4.96. The maximum atomic E-state index is 4.45. The molecule has 2 rings (SSSR count). The summed E-state index contributed by atoms with van der Waals surface area (Å²) in [5, 5.41) is 3.53. The lowest BCUT2D eigenvalue weighted by molar-refractivity contribution is 0.555. The van der Waals surface area contributed by atoms with E-state index in [1.165, 1.54) is 19.3 Å². The van der Waals surface area contributed by atoms with Gasteiger partial charge in [-0.05, 0) is 30.9 Å². The van der Waals surface area contributed by atoms with E-state index in [0.29, 0.717) is 6.04 Å². The average Bonchev–Trinajstić information content (AvgIpc) is 2.65. The summed E-state index contributed by atoms with van der Waals surface area (Å²) < 4.78 is 0. The highest BCUT2D eigenvalue weighted by Crippen LogP contribution is 2.27. The third kappa shape index (κ3) is 2.46. The molecule has 1 N–H and O–H groups in total. The van der Waals surface area contributed by atoms with E-state index < -0.39 is 0 Å². The van der Waals surface area contributed by atoms with Gasteiger partial charge in [-0.25, -0.2) is 4.98 Å². The number of nitrogens with zero attached hydrogens (tertiary/aromatic N) is 2. The topological polar surface area (TPSA) is 28.2 Å². The zero-order valence-corrected chi connectivity index (χ0v) is 10.4. The van der Waals surface area contributed by atoms with E-state index in [-0.39, 0.29) is 0 Å². The van der Waals surface area contributed by atoms with Crippen LogP contribution < -0.4 is 10.2 Å². The Morgan fingerprint density at radius 2 is 2.12 bits per heavy atom. The molecule has 0 aromatic carbocycles. The summed E-state index contributed by atoms with van der Waals surface area (Å²) in [7, 11) is 4.06. The molecule has 88 valence electrons. The zero-order chi connectivity index (χ0) is 11.5. The zero-order valence-electron chi connectivity index (χ0n) is 10.4. The van der Waals surface area contributed by atoms with Gasteiger partial charge < -0.3 is 10.2 Å². The van der Waals surface area contributed by atoms with E-state index in [1.54, 1.807) is 0 Å². The van der Waals surface area contributed by atoms with Crippen LogP contribution in [0.1, 0.15) is 26.2 Å². The molecule has 2 atom stereocenters. The molecule has 0 aliphatic heterocycles. The summed E-state index contributed by atoms with van der Waals surface area (Å²) in [5.74, 6) is 1.78. The van der Waals surface area contributed by atoms with E-state index in [4.69, 9.17) is 0 Å². The first-order chi connectivity index (χ1) is 7.66. The first-order valence-corrected chi connectivity index (χ1v) is 6.07. The van der Waals surface area contributed by atoms with Crippen molar-refractivity contribution < 1.29 is 0 Å². The molecule has 16 heavy (non-hydrogen) atoms. The van der Waals surface area contributed by atoms with Crippen LogP contribution in [-0.2, 0) is 0 Å². The van der Waals surface area contributed by atoms with Crippen LogP contribution in [0.3, 0.4) is 0 Å². The van der Waals surface area contributed by atoms with Gasteiger partial charge in [-0.3, -0.25) is 0 Å². The van der Waals surface area contributed by atoms with E-state index >= 15 is 0 Å². The number of nitrogens with one attached hydrogen (secondary N) is 1. The maximum absolute atomic E-state index is 4.45. The Labute approximate surface area is 97.9 Å². The van der Waals surface area contributed by atoms with Crippen molar-refractivity contribution >= 4 is 11.5 Å². The Morgan fingerprint density at radius 3 is 2.62 bits per heavy atom. The Morgan fingerprint density at radius 1 is 1.31 bits per heavy atom. The quantitative estimate of drug-likeness (QED) is 0.847. The molecule has 2 unspecified atom stereocenters. The predicted octanol–water partition coefficient (Wildman–Crippen LogP) is 2.75. The van der Waals surface area contributed by atoms with Gasteiger partial charge in [0.1, 0.15) is 5.82 Å². The molecule has 1 heterocycles. The Kier molecular flexibility index (Phi) is 3.32. The van der Waals surface area contributed by atoms with Gasteiger partial charge in [0, 0.05) is 20.1 Å². The third-order valence-corrected chi connectivity index (χ3v) is 3.46. The van der Waals surface area contributed by atoms with Gasteiger partial charge in [0.15, 0.2) is 0 Å². The summed E-state index contributed by atoms with van der Waals surface area (Å²) in [6, 6.07) is 4.78. The molecule has 0 radical (unpaired) electrons. The number of pyridine rings is 1. The van der Waals surface area contributed by atoms with Gasteiger partial charge in [-0.1, -0.05) is 13.3 Å². The standard InChI is InChI=1S/C13H21N3/c1-10-5-4-6-12(10)15-13-8-7-11(9-14-13)16(2)3/h7-10,12H,4-6H2,1-3H3,(H,14,15). The average molecular weight is 219 g/mol. The van der Waals surface area contributed by atoms with Crippen LogP contribution in [0.2, 0.25) is 0 Å². The van der Waals surface area contributed by atoms with Crippen LogP contribution >= 0.6 is 0 Å². The molecule has 3 nitrogen and oxygen atoms in total. The van der Waals surface area contributed by atoms with Gasteiger partial charge >= 0.3 is 0 Å². The molecule has 1 aliphatic rings.